The zero-order valence-electron chi connectivity index (χ0n) is 14.7. The van der Waals surface area contributed by atoms with Gasteiger partial charge >= 0.3 is 0 Å². The summed E-state index contributed by atoms with van der Waals surface area (Å²) in [6.45, 7) is 9.13. The highest BCUT2D eigenvalue weighted by atomic mass is 127. The van der Waals surface area contributed by atoms with Gasteiger partial charge in [-0.05, 0) is 45.6 Å². The van der Waals surface area contributed by atoms with Crippen molar-refractivity contribution in [3.05, 3.63) is 0 Å². The van der Waals surface area contributed by atoms with Crippen LogP contribution in [0.1, 0.15) is 39.5 Å². The minimum absolute atomic E-state index is 0. The maximum Gasteiger partial charge on any atom is 0.191 e. The van der Waals surface area contributed by atoms with E-state index in [1.807, 2.05) is 7.05 Å². The Morgan fingerprint density at radius 1 is 1.32 bits per heavy atom. The smallest absolute Gasteiger partial charge is 0.191 e. The molecule has 132 valence electrons. The number of rotatable bonds is 11. The number of halogens is 1. The van der Waals surface area contributed by atoms with Crippen LogP contribution in [-0.2, 0) is 4.74 Å². The lowest BCUT2D eigenvalue weighted by Gasteiger charge is -2.23. The Morgan fingerprint density at radius 2 is 2.00 bits per heavy atom. The van der Waals surface area contributed by atoms with Gasteiger partial charge in [0.1, 0.15) is 0 Å². The third kappa shape index (κ3) is 10.6. The summed E-state index contributed by atoms with van der Waals surface area (Å²) in [7, 11) is 3.99. The van der Waals surface area contributed by atoms with Gasteiger partial charge < -0.3 is 20.3 Å². The van der Waals surface area contributed by atoms with Gasteiger partial charge in [0.05, 0.1) is 0 Å². The standard InChI is InChI=1S/C16H34N4O.HI/c1-5-14(2)20(4)11-10-19-16(17-3)18-9-6-12-21-13-15-7-8-15;/h14-15H,5-13H2,1-4H3,(H2,17,18,19);1H. The van der Waals surface area contributed by atoms with Crippen LogP contribution in [0.15, 0.2) is 4.99 Å². The Kier molecular flexibility index (Phi) is 13.3. The van der Waals surface area contributed by atoms with Crippen LogP contribution in [0.5, 0.6) is 0 Å². The van der Waals surface area contributed by atoms with Crippen LogP contribution in [-0.4, -0.2) is 63.8 Å². The molecule has 0 saturated heterocycles. The van der Waals surface area contributed by atoms with E-state index in [2.05, 4.69) is 41.4 Å². The number of aliphatic imine (C=N–C) groups is 1. The lowest BCUT2D eigenvalue weighted by Crippen LogP contribution is -2.42. The lowest BCUT2D eigenvalue weighted by molar-refractivity contribution is 0.123. The first-order valence-electron chi connectivity index (χ1n) is 8.39. The molecule has 1 atom stereocenters. The van der Waals surface area contributed by atoms with Crippen LogP contribution in [0.25, 0.3) is 0 Å². The molecule has 0 bridgehead atoms. The maximum absolute atomic E-state index is 5.62. The van der Waals surface area contributed by atoms with E-state index in [1.54, 1.807) is 0 Å². The fourth-order valence-corrected chi connectivity index (χ4v) is 2.02. The number of guanidine groups is 1. The topological polar surface area (TPSA) is 48.9 Å². The monoisotopic (exact) mass is 426 g/mol. The van der Waals surface area contributed by atoms with E-state index in [0.29, 0.717) is 6.04 Å². The molecule has 6 heteroatoms. The van der Waals surface area contributed by atoms with Crippen LogP contribution >= 0.6 is 24.0 Å². The first-order chi connectivity index (χ1) is 10.2. The van der Waals surface area contributed by atoms with E-state index in [1.165, 1.54) is 19.3 Å². The summed E-state index contributed by atoms with van der Waals surface area (Å²) in [5.41, 5.74) is 0. The Labute approximate surface area is 153 Å². The van der Waals surface area contributed by atoms with Gasteiger partial charge in [-0.3, -0.25) is 4.99 Å². The molecule has 1 fully saturated rings. The molecule has 0 heterocycles. The first kappa shape index (κ1) is 21.9. The predicted molar refractivity (Wildman–Crippen MR) is 105 cm³/mol. The summed E-state index contributed by atoms with van der Waals surface area (Å²) < 4.78 is 5.62. The molecule has 1 aliphatic rings. The molecule has 0 aromatic carbocycles. The normalized spacial score (nSPS) is 16.3. The molecule has 2 N–H and O–H groups in total. The van der Waals surface area contributed by atoms with E-state index < -0.39 is 0 Å². The van der Waals surface area contributed by atoms with E-state index in [9.17, 15) is 0 Å². The third-order valence-corrected chi connectivity index (χ3v) is 4.13. The van der Waals surface area contributed by atoms with Crippen molar-refractivity contribution >= 4 is 29.9 Å². The van der Waals surface area contributed by atoms with Gasteiger partial charge in [0.15, 0.2) is 5.96 Å². The Balaban J connectivity index is 0.00000441. The second kappa shape index (κ2) is 13.4. The van der Waals surface area contributed by atoms with E-state index >= 15 is 0 Å². The van der Waals surface area contributed by atoms with Crippen LogP contribution < -0.4 is 10.6 Å². The summed E-state index contributed by atoms with van der Waals surface area (Å²) in [5, 5.41) is 6.69. The molecule has 0 aliphatic heterocycles. The van der Waals surface area contributed by atoms with E-state index in [0.717, 1.165) is 51.1 Å². The molecule has 0 aromatic rings. The zero-order valence-corrected chi connectivity index (χ0v) is 17.1. The van der Waals surface area contributed by atoms with Crippen LogP contribution in [0.3, 0.4) is 0 Å². The molecule has 22 heavy (non-hydrogen) atoms. The minimum Gasteiger partial charge on any atom is -0.381 e. The highest BCUT2D eigenvalue weighted by molar-refractivity contribution is 14.0. The van der Waals surface area contributed by atoms with Crippen molar-refractivity contribution in [1.29, 1.82) is 0 Å². The number of likely N-dealkylation sites (N-methyl/N-ethyl adjacent to an activating group) is 1. The number of nitrogens with one attached hydrogen (secondary N) is 2. The Hall–Kier alpha value is -0.0800. The van der Waals surface area contributed by atoms with Gasteiger partial charge in [-0.25, -0.2) is 0 Å². The van der Waals surface area contributed by atoms with Crippen molar-refractivity contribution in [3.63, 3.8) is 0 Å². The van der Waals surface area contributed by atoms with Crippen molar-refractivity contribution in [3.8, 4) is 0 Å². The van der Waals surface area contributed by atoms with Gasteiger partial charge in [-0.1, -0.05) is 6.92 Å². The molecule has 0 amide bonds. The van der Waals surface area contributed by atoms with Crippen LogP contribution in [0.4, 0.5) is 0 Å². The highest BCUT2D eigenvalue weighted by Gasteiger charge is 2.20. The lowest BCUT2D eigenvalue weighted by atomic mass is 10.2. The Bertz CT molecular complexity index is 298. The number of hydrogen-bond acceptors (Lipinski definition) is 3. The number of ether oxygens (including phenoxy) is 1. The van der Waals surface area contributed by atoms with Crippen molar-refractivity contribution in [2.75, 3.05) is 46.9 Å². The molecule has 5 nitrogen and oxygen atoms in total. The SMILES string of the molecule is CCC(C)N(C)CCNC(=NC)NCCCOCC1CC1.I. The highest BCUT2D eigenvalue weighted by Crippen LogP contribution is 2.28. The van der Waals surface area contributed by atoms with Crippen molar-refractivity contribution < 1.29 is 4.74 Å². The summed E-state index contributed by atoms with van der Waals surface area (Å²) in [5.74, 6) is 1.74. The molecule has 0 spiro atoms. The zero-order chi connectivity index (χ0) is 15.5. The van der Waals surface area contributed by atoms with Crippen molar-refractivity contribution in [2.45, 2.75) is 45.6 Å². The molecular weight excluding hydrogens is 391 g/mol. The molecular formula is C16H35IN4O. The third-order valence-electron chi connectivity index (χ3n) is 4.13. The average Bonchev–Trinajstić information content (AvgIpc) is 3.31. The summed E-state index contributed by atoms with van der Waals surface area (Å²) >= 11 is 0. The maximum atomic E-state index is 5.62. The second-order valence-electron chi connectivity index (χ2n) is 6.04. The molecule has 1 aliphatic carbocycles. The average molecular weight is 426 g/mol. The molecule has 0 aromatic heterocycles. The predicted octanol–water partition coefficient (Wildman–Crippen LogP) is 2.32. The first-order valence-corrected chi connectivity index (χ1v) is 8.39. The second-order valence-corrected chi connectivity index (χ2v) is 6.04. The summed E-state index contributed by atoms with van der Waals surface area (Å²) in [4.78, 5) is 6.61. The molecule has 1 saturated carbocycles. The summed E-state index contributed by atoms with van der Waals surface area (Å²) in [6, 6.07) is 0.630. The number of nitrogens with zero attached hydrogens (tertiary/aromatic N) is 2. The molecule has 0 radical (unpaired) electrons. The van der Waals surface area contributed by atoms with Gasteiger partial charge in [0, 0.05) is 45.9 Å². The molecule has 1 rings (SSSR count). The Morgan fingerprint density at radius 3 is 2.59 bits per heavy atom. The minimum atomic E-state index is 0. The van der Waals surface area contributed by atoms with Gasteiger partial charge in [0.2, 0.25) is 0 Å². The van der Waals surface area contributed by atoms with Gasteiger partial charge in [-0.2, -0.15) is 0 Å². The quantitative estimate of drug-likeness (QED) is 0.231. The van der Waals surface area contributed by atoms with Crippen molar-refractivity contribution in [1.82, 2.24) is 15.5 Å². The van der Waals surface area contributed by atoms with Crippen molar-refractivity contribution in [2.24, 2.45) is 10.9 Å². The molecule has 1 unspecified atom stereocenters. The van der Waals surface area contributed by atoms with E-state index in [-0.39, 0.29) is 24.0 Å². The van der Waals surface area contributed by atoms with Gasteiger partial charge in [0.25, 0.3) is 0 Å². The van der Waals surface area contributed by atoms with E-state index in [4.69, 9.17) is 4.74 Å². The summed E-state index contributed by atoms with van der Waals surface area (Å²) in [6.07, 6.45) is 4.93. The fourth-order valence-electron chi connectivity index (χ4n) is 2.02. The fraction of sp³-hybridized carbons (Fsp3) is 0.938. The van der Waals surface area contributed by atoms with Gasteiger partial charge in [-0.15, -0.1) is 24.0 Å². The van der Waals surface area contributed by atoms with Crippen LogP contribution in [0.2, 0.25) is 0 Å². The number of hydrogen-bond donors (Lipinski definition) is 2. The van der Waals surface area contributed by atoms with Crippen LogP contribution in [0, 0.1) is 5.92 Å². The largest absolute Gasteiger partial charge is 0.381 e.